The van der Waals surface area contributed by atoms with E-state index in [0.717, 1.165) is 29.8 Å². The monoisotopic (exact) mass is 311 g/mol. The van der Waals surface area contributed by atoms with Gasteiger partial charge in [0.15, 0.2) is 0 Å². The average molecular weight is 312 g/mol. The minimum atomic E-state index is 0.156. The number of likely N-dealkylation sites (N-methyl/N-ethyl adjacent to an activating group) is 1. The van der Waals surface area contributed by atoms with Gasteiger partial charge in [0.25, 0.3) is 0 Å². The van der Waals surface area contributed by atoms with Crippen LogP contribution in [-0.2, 0) is 19.9 Å². The largest absolute Gasteiger partial charge is 0.311 e. The first-order valence-corrected chi connectivity index (χ1v) is 7.45. The Morgan fingerprint density at radius 2 is 2.10 bits per heavy atom. The normalized spacial score (nSPS) is 12.7. The zero-order valence-corrected chi connectivity index (χ0v) is 13.5. The first-order chi connectivity index (χ1) is 9.56. The van der Waals surface area contributed by atoms with Crippen LogP contribution in [0.2, 0.25) is 10.0 Å². The van der Waals surface area contributed by atoms with E-state index in [9.17, 15) is 0 Å². The molecular weight excluding hydrogens is 293 g/mol. The lowest BCUT2D eigenvalue weighted by Crippen LogP contribution is -2.21. The Kier molecular flexibility index (Phi) is 5.08. The van der Waals surface area contributed by atoms with Crippen LogP contribution >= 0.6 is 23.2 Å². The minimum Gasteiger partial charge on any atom is -0.311 e. The Bertz CT molecular complexity index is 593. The van der Waals surface area contributed by atoms with Crippen LogP contribution in [-0.4, -0.2) is 16.8 Å². The Hall–Kier alpha value is -1.03. The quantitative estimate of drug-likeness (QED) is 0.910. The number of hydrogen-bond acceptors (Lipinski definition) is 2. The molecule has 1 unspecified atom stereocenters. The topological polar surface area (TPSA) is 29.9 Å². The standard InChI is InChI=1S/C15H19Cl2N3/c1-4-11-9-14(20(3)19-11)13(18-2)8-10-6-5-7-12(16)15(10)17/h5-7,9,13,18H,4,8H2,1-3H3. The lowest BCUT2D eigenvalue weighted by Gasteiger charge is -2.17. The number of halogens is 2. The van der Waals surface area contributed by atoms with Crippen LogP contribution in [0.15, 0.2) is 24.3 Å². The summed E-state index contributed by atoms with van der Waals surface area (Å²) in [6, 6.07) is 8.04. The van der Waals surface area contributed by atoms with Crippen molar-refractivity contribution in [3.05, 3.63) is 51.3 Å². The molecule has 0 aliphatic rings. The molecule has 0 bridgehead atoms. The molecule has 0 radical (unpaired) electrons. The molecule has 0 saturated heterocycles. The molecule has 0 spiro atoms. The maximum absolute atomic E-state index is 6.27. The van der Waals surface area contributed by atoms with E-state index in [1.54, 1.807) is 6.07 Å². The van der Waals surface area contributed by atoms with Crippen molar-refractivity contribution in [3.8, 4) is 0 Å². The summed E-state index contributed by atoms with van der Waals surface area (Å²) in [6.45, 7) is 2.11. The van der Waals surface area contributed by atoms with Crippen molar-refractivity contribution in [1.82, 2.24) is 15.1 Å². The molecule has 108 valence electrons. The molecule has 1 N–H and O–H groups in total. The molecule has 0 aliphatic heterocycles. The van der Waals surface area contributed by atoms with Gasteiger partial charge in [-0.25, -0.2) is 0 Å². The second-order valence-electron chi connectivity index (χ2n) is 4.80. The van der Waals surface area contributed by atoms with Gasteiger partial charge in [-0.05, 0) is 37.6 Å². The highest BCUT2D eigenvalue weighted by molar-refractivity contribution is 6.42. The summed E-state index contributed by atoms with van der Waals surface area (Å²) in [5, 5.41) is 9.05. The number of hydrogen-bond donors (Lipinski definition) is 1. The van der Waals surface area contributed by atoms with Gasteiger partial charge in [-0.2, -0.15) is 5.10 Å². The van der Waals surface area contributed by atoms with Crippen molar-refractivity contribution >= 4 is 23.2 Å². The summed E-state index contributed by atoms with van der Waals surface area (Å²) >= 11 is 12.3. The third-order valence-corrected chi connectivity index (χ3v) is 4.35. The number of benzene rings is 1. The molecule has 20 heavy (non-hydrogen) atoms. The van der Waals surface area contributed by atoms with Crippen LogP contribution in [0.5, 0.6) is 0 Å². The average Bonchev–Trinajstić information content (AvgIpc) is 2.82. The van der Waals surface area contributed by atoms with Gasteiger partial charge in [0.05, 0.1) is 27.5 Å². The van der Waals surface area contributed by atoms with E-state index in [1.807, 2.05) is 30.9 Å². The number of aryl methyl sites for hydroxylation is 2. The summed E-state index contributed by atoms with van der Waals surface area (Å²) in [5.41, 5.74) is 3.29. The van der Waals surface area contributed by atoms with Crippen LogP contribution in [0.25, 0.3) is 0 Å². The van der Waals surface area contributed by atoms with E-state index in [0.29, 0.717) is 10.0 Å². The SMILES string of the molecule is CCc1cc(C(Cc2cccc(Cl)c2Cl)NC)n(C)n1. The van der Waals surface area contributed by atoms with Crippen molar-refractivity contribution < 1.29 is 0 Å². The highest BCUT2D eigenvalue weighted by atomic mass is 35.5. The maximum atomic E-state index is 6.27. The molecule has 5 heteroatoms. The Labute approximate surface area is 129 Å². The lowest BCUT2D eigenvalue weighted by molar-refractivity contribution is 0.537. The Balaban J connectivity index is 2.28. The molecule has 1 heterocycles. The van der Waals surface area contributed by atoms with Crippen LogP contribution < -0.4 is 5.32 Å². The molecule has 0 saturated carbocycles. The van der Waals surface area contributed by atoms with Gasteiger partial charge >= 0.3 is 0 Å². The molecule has 2 rings (SSSR count). The van der Waals surface area contributed by atoms with E-state index in [4.69, 9.17) is 23.2 Å². The highest BCUT2D eigenvalue weighted by Gasteiger charge is 2.17. The first-order valence-electron chi connectivity index (χ1n) is 6.69. The highest BCUT2D eigenvalue weighted by Crippen LogP contribution is 2.29. The molecule has 0 aliphatic carbocycles. The second kappa shape index (κ2) is 6.61. The van der Waals surface area contributed by atoms with Crippen molar-refractivity contribution in [2.45, 2.75) is 25.8 Å². The first kappa shape index (κ1) is 15.4. The fourth-order valence-electron chi connectivity index (χ4n) is 2.32. The maximum Gasteiger partial charge on any atom is 0.0625 e. The lowest BCUT2D eigenvalue weighted by atomic mass is 10.0. The Morgan fingerprint density at radius 1 is 1.35 bits per heavy atom. The van der Waals surface area contributed by atoms with Crippen LogP contribution in [0.3, 0.4) is 0 Å². The predicted octanol–water partition coefficient (Wildman–Crippen LogP) is 3.79. The minimum absolute atomic E-state index is 0.156. The fourth-order valence-corrected chi connectivity index (χ4v) is 2.72. The van der Waals surface area contributed by atoms with Crippen LogP contribution in [0, 0.1) is 0 Å². The van der Waals surface area contributed by atoms with Crippen molar-refractivity contribution in [1.29, 1.82) is 0 Å². The van der Waals surface area contributed by atoms with E-state index in [1.165, 1.54) is 0 Å². The number of rotatable bonds is 5. The molecule has 1 atom stereocenters. The molecule has 0 fully saturated rings. The summed E-state index contributed by atoms with van der Waals surface area (Å²) in [7, 11) is 3.92. The van der Waals surface area contributed by atoms with Crippen LogP contribution in [0.4, 0.5) is 0 Å². The van der Waals surface area contributed by atoms with Crippen molar-refractivity contribution in [2.24, 2.45) is 7.05 Å². The fraction of sp³-hybridized carbons (Fsp3) is 0.400. The van der Waals surface area contributed by atoms with Gasteiger partial charge in [-0.15, -0.1) is 0 Å². The van der Waals surface area contributed by atoms with Gasteiger partial charge in [0.1, 0.15) is 0 Å². The molecule has 1 aromatic carbocycles. The second-order valence-corrected chi connectivity index (χ2v) is 5.58. The summed E-state index contributed by atoms with van der Waals surface area (Å²) < 4.78 is 1.93. The molecule has 1 aromatic heterocycles. The third-order valence-electron chi connectivity index (χ3n) is 3.49. The Morgan fingerprint density at radius 3 is 2.70 bits per heavy atom. The van der Waals surface area contributed by atoms with E-state index in [2.05, 4.69) is 23.4 Å². The summed E-state index contributed by atoms with van der Waals surface area (Å²) in [6.07, 6.45) is 1.71. The predicted molar refractivity (Wildman–Crippen MR) is 84.6 cm³/mol. The van der Waals surface area contributed by atoms with Gasteiger partial charge < -0.3 is 5.32 Å². The number of aromatic nitrogens is 2. The van der Waals surface area contributed by atoms with Crippen LogP contribution in [0.1, 0.15) is 29.9 Å². The third kappa shape index (κ3) is 3.17. The van der Waals surface area contributed by atoms with Gasteiger partial charge in [-0.3, -0.25) is 4.68 Å². The van der Waals surface area contributed by atoms with Gasteiger partial charge in [-0.1, -0.05) is 42.3 Å². The van der Waals surface area contributed by atoms with Gasteiger partial charge in [0.2, 0.25) is 0 Å². The smallest absolute Gasteiger partial charge is 0.0625 e. The molecule has 3 nitrogen and oxygen atoms in total. The van der Waals surface area contributed by atoms with Crippen molar-refractivity contribution in [2.75, 3.05) is 7.05 Å². The van der Waals surface area contributed by atoms with E-state index in [-0.39, 0.29) is 6.04 Å². The van der Waals surface area contributed by atoms with E-state index < -0.39 is 0 Å². The summed E-state index contributed by atoms with van der Waals surface area (Å²) in [5.74, 6) is 0. The molecule has 2 aromatic rings. The molecule has 0 amide bonds. The van der Waals surface area contributed by atoms with E-state index >= 15 is 0 Å². The van der Waals surface area contributed by atoms with Gasteiger partial charge in [0, 0.05) is 7.05 Å². The zero-order valence-electron chi connectivity index (χ0n) is 12.0. The summed E-state index contributed by atoms with van der Waals surface area (Å²) in [4.78, 5) is 0. The number of nitrogens with one attached hydrogen (secondary N) is 1. The zero-order chi connectivity index (χ0) is 14.7. The molecular formula is C15H19Cl2N3. The van der Waals surface area contributed by atoms with Crippen molar-refractivity contribution in [3.63, 3.8) is 0 Å². The number of nitrogens with zero attached hydrogens (tertiary/aromatic N) is 2.